The molecule has 0 spiro atoms. The van der Waals surface area contributed by atoms with E-state index < -0.39 is 9.75 Å². The summed E-state index contributed by atoms with van der Waals surface area (Å²) in [7, 11) is 0. The molecule has 0 unspecified atom stereocenters. The average molecular weight is 316 g/mol. The fraction of sp³-hybridized carbons (Fsp3) is 0.500. The van der Waals surface area contributed by atoms with E-state index in [4.69, 9.17) is 32.7 Å². The van der Waals surface area contributed by atoms with Gasteiger partial charge in [0, 0.05) is 6.54 Å². The lowest BCUT2D eigenvalue weighted by molar-refractivity contribution is -0.125. The molecular weight excluding hydrogens is 301 g/mol. The zero-order chi connectivity index (χ0) is 14.4. The van der Waals surface area contributed by atoms with E-state index in [1.54, 1.807) is 6.92 Å². The molecule has 3 rings (SSSR count). The molecule has 4 nitrogen and oxygen atoms in total. The van der Waals surface area contributed by atoms with Crippen molar-refractivity contribution in [3.8, 4) is 11.5 Å². The second-order valence-corrected chi connectivity index (χ2v) is 6.89. The number of alkyl halides is 2. The van der Waals surface area contributed by atoms with Gasteiger partial charge in [0.05, 0.1) is 5.41 Å². The number of amides is 1. The number of ether oxygens (including phenoxy) is 2. The normalized spacial score (nSPS) is 25.4. The number of nitrogens with one attached hydrogen (secondary N) is 1. The Morgan fingerprint density at radius 3 is 2.75 bits per heavy atom. The van der Waals surface area contributed by atoms with Crippen molar-refractivity contribution in [1.29, 1.82) is 0 Å². The number of hydrogen-bond donors (Lipinski definition) is 1. The molecule has 20 heavy (non-hydrogen) atoms. The molecule has 1 N–H and O–H groups in total. The molecule has 1 aliphatic carbocycles. The van der Waals surface area contributed by atoms with E-state index in [1.165, 1.54) is 0 Å². The average Bonchev–Trinajstić information content (AvgIpc) is 2.77. The number of carbonyl (C=O) groups is 1. The highest BCUT2D eigenvalue weighted by molar-refractivity contribution is 6.53. The topological polar surface area (TPSA) is 47.6 Å². The van der Waals surface area contributed by atoms with Crippen LogP contribution in [0.5, 0.6) is 11.5 Å². The maximum Gasteiger partial charge on any atom is 0.231 e. The SMILES string of the molecule is C[C@@]1(C(=O)NCCc2ccc3c(c2)OCO3)CC1(Cl)Cl. The van der Waals surface area contributed by atoms with E-state index >= 15 is 0 Å². The predicted octanol–water partition coefficient (Wildman–Crippen LogP) is 2.66. The quantitative estimate of drug-likeness (QED) is 0.869. The summed E-state index contributed by atoms with van der Waals surface area (Å²) in [5.41, 5.74) is 0.420. The maximum atomic E-state index is 12.0. The minimum atomic E-state index is -0.921. The van der Waals surface area contributed by atoms with Crippen LogP contribution >= 0.6 is 23.2 Å². The molecule has 0 bridgehead atoms. The Bertz CT molecular complexity index is 561. The van der Waals surface area contributed by atoms with Crippen molar-refractivity contribution in [2.75, 3.05) is 13.3 Å². The van der Waals surface area contributed by atoms with Crippen molar-refractivity contribution in [3.63, 3.8) is 0 Å². The summed E-state index contributed by atoms with van der Waals surface area (Å²) in [5, 5.41) is 2.88. The highest BCUT2D eigenvalue weighted by atomic mass is 35.5. The Morgan fingerprint density at radius 2 is 2.05 bits per heavy atom. The molecule has 0 radical (unpaired) electrons. The molecule has 1 amide bonds. The van der Waals surface area contributed by atoms with Crippen molar-refractivity contribution in [2.45, 2.75) is 24.1 Å². The van der Waals surface area contributed by atoms with Crippen LogP contribution in [0.3, 0.4) is 0 Å². The third-order valence-electron chi connectivity index (χ3n) is 3.90. The van der Waals surface area contributed by atoms with Gasteiger partial charge in [-0.05, 0) is 37.5 Å². The number of fused-ring (bicyclic) bond motifs is 1. The van der Waals surface area contributed by atoms with Crippen LogP contribution in [-0.2, 0) is 11.2 Å². The van der Waals surface area contributed by atoms with Crippen LogP contribution in [0, 0.1) is 5.41 Å². The molecule has 1 fully saturated rings. The summed E-state index contributed by atoms with van der Waals surface area (Å²) in [5.74, 6) is 1.42. The minimum absolute atomic E-state index is 0.0942. The Morgan fingerprint density at radius 1 is 1.35 bits per heavy atom. The van der Waals surface area contributed by atoms with Crippen molar-refractivity contribution >= 4 is 29.1 Å². The van der Waals surface area contributed by atoms with Gasteiger partial charge in [-0.3, -0.25) is 4.79 Å². The van der Waals surface area contributed by atoms with Gasteiger partial charge in [-0.15, -0.1) is 23.2 Å². The third-order valence-corrected chi connectivity index (χ3v) is 5.00. The summed E-state index contributed by atoms with van der Waals surface area (Å²) in [6.45, 7) is 2.59. The number of carbonyl (C=O) groups excluding carboxylic acids is 1. The van der Waals surface area contributed by atoms with Gasteiger partial charge in [-0.1, -0.05) is 6.07 Å². The zero-order valence-corrected chi connectivity index (χ0v) is 12.6. The van der Waals surface area contributed by atoms with Crippen LogP contribution in [0.15, 0.2) is 18.2 Å². The second-order valence-electron chi connectivity index (χ2n) is 5.41. The van der Waals surface area contributed by atoms with Crippen molar-refractivity contribution in [2.24, 2.45) is 5.41 Å². The first-order valence-corrected chi connectivity index (χ1v) is 7.23. The van der Waals surface area contributed by atoms with Crippen LogP contribution in [0.25, 0.3) is 0 Å². The molecule has 1 saturated carbocycles. The van der Waals surface area contributed by atoms with Gasteiger partial charge in [0.15, 0.2) is 11.5 Å². The Kier molecular flexibility index (Phi) is 3.26. The molecule has 1 aliphatic heterocycles. The second kappa shape index (κ2) is 4.71. The van der Waals surface area contributed by atoms with Gasteiger partial charge in [-0.25, -0.2) is 0 Å². The number of hydrogen-bond acceptors (Lipinski definition) is 3. The molecule has 1 aromatic carbocycles. The summed E-state index contributed by atoms with van der Waals surface area (Å²) >= 11 is 12.0. The lowest BCUT2D eigenvalue weighted by atomic mass is 10.1. The molecule has 1 aromatic rings. The van der Waals surface area contributed by atoms with Gasteiger partial charge in [0.2, 0.25) is 12.7 Å². The summed E-state index contributed by atoms with van der Waals surface area (Å²) in [4.78, 5) is 12.0. The van der Waals surface area contributed by atoms with Gasteiger partial charge in [0.1, 0.15) is 4.33 Å². The Labute approximate surface area is 127 Å². The van der Waals surface area contributed by atoms with Gasteiger partial charge >= 0.3 is 0 Å². The van der Waals surface area contributed by atoms with Gasteiger partial charge < -0.3 is 14.8 Å². The summed E-state index contributed by atoms with van der Waals surface area (Å²) in [6.07, 6.45) is 1.22. The lowest BCUT2D eigenvalue weighted by Crippen LogP contribution is -2.34. The fourth-order valence-electron chi connectivity index (χ4n) is 2.26. The summed E-state index contributed by atoms with van der Waals surface area (Å²) < 4.78 is 9.64. The Balaban J connectivity index is 1.52. The van der Waals surface area contributed by atoms with Crippen LogP contribution in [0.2, 0.25) is 0 Å². The van der Waals surface area contributed by atoms with Crippen molar-refractivity contribution in [1.82, 2.24) is 5.32 Å². The minimum Gasteiger partial charge on any atom is -0.454 e. The predicted molar refractivity (Wildman–Crippen MR) is 76.4 cm³/mol. The first-order valence-electron chi connectivity index (χ1n) is 6.47. The number of benzene rings is 1. The number of rotatable bonds is 4. The van der Waals surface area contributed by atoms with Crippen molar-refractivity contribution in [3.05, 3.63) is 23.8 Å². The molecular formula is C14H15Cl2NO3. The fourth-order valence-corrected chi connectivity index (χ4v) is 2.96. The molecule has 108 valence electrons. The smallest absolute Gasteiger partial charge is 0.231 e. The first-order chi connectivity index (χ1) is 9.42. The first kappa shape index (κ1) is 13.8. The van der Waals surface area contributed by atoms with E-state index in [9.17, 15) is 4.79 Å². The molecule has 0 aromatic heterocycles. The van der Waals surface area contributed by atoms with E-state index in [-0.39, 0.29) is 12.7 Å². The lowest BCUT2D eigenvalue weighted by Gasteiger charge is -2.12. The van der Waals surface area contributed by atoms with E-state index in [0.717, 1.165) is 23.5 Å². The van der Waals surface area contributed by atoms with Gasteiger partial charge in [0.25, 0.3) is 0 Å². The van der Waals surface area contributed by atoms with E-state index in [0.29, 0.717) is 13.0 Å². The third kappa shape index (κ3) is 2.31. The number of halogens is 2. The van der Waals surface area contributed by atoms with Crippen molar-refractivity contribution < 1.29 is 14.3 Å². The molecule has 1 atom stereocenters. The van der Waals surface area contributed by atoms with Crippen LogP contribution in [0.4, 0.5) is 0 Å². The molecule has 1 heterocycles. The molecule has 2 aliphatic rings. The monoisotopic (exact) mass is 315 g/mol. The Hall–Kier alpha value is -1.13. The standard InChI is InChI=1S/C14H15Cl2NO3/c1-13(7-14(13,15)16)12(18)17-5-4-9-2-3-10-11(6-9)20-8-19-10/h2-3,6H,4-5,7-8H2,1H3,(H,17,18)/t13-/m0/s1. The zero-order valence-electron chi connectivity index (χ0n) is 11.0. The molecule has 6 heteroatoms. The summed E-state index contributed by atoms with van der Waals surface area (Å²) in [6, 6.07) is 5.77. The largest absolute Gasteiger partial charge is 0.454 e. The van der Waals surface area contributed by atoms with Gasteiger partial charge in [-0.2, -0.15) is 0 Å². The molecule has 0 saturated heterocycles. The van der Waals surface area contributed by atoms with Crippen LogP contribution in [0.1, 0.15) is 18.9 Å². The maximum absolute atomic E-state index is 12.0. The van der Waals surface area contributed by atoms with E-state index in [2.05, 4.69) is 5.32 Å². The van der Waals surface area contributed by atoms with E-state index in [1.807, 2.05) is 18.2 Å². The van der Waals surface area contributed by atoms with Crippen LogP contribution in [-0.4, -0.2) is 23.6 Å². The van der Waals surface area contributed by atoms with Crippen LogP contribution < -0.4 is 14.8 Å². The highest BCUT2D eigenvalue weighted by Crippen LogP contribution is 2.63. The highest BCUT2D eigenvalue weighted by Gasteiger charge is 2.67.